The normalized spacial score (nSPS) is 48.0. The molecule has 0 aliphatic heterocycles. The van der Waals surface area contributed by atoms with E-state index in [1.165, 1.54) is 0 Å². The first-order valence-corrected chi connectivity index (χ1v) is 3.39. The molecule has 0 aromatic carbocycles. The van der Waals surface area contributed by atoms with Crippen LogP contribution in [0.25, 0.3) is 0 Å². The Morgan fingerprint density at radius 1 is 1.30 bits per heavy atom. The maximum absolute atomic E-state index is 9.14. The van der Waals surface area contributed by atoms with E-state index in [1.807, 2.05) is 0 Å². The third-order valence-corrected chi connectivity index (χ3v) is 2.08. The molecule has 0 amide bonds. The number of hydrogen-bond acceptors (Lipinski definition) is 4. The minimum Gasteiger partial charge on any atom is -0.396 e. The van der Waals surface area contributed by atoms with Gasteiger partial charge in [-0.3, -0.25) is 0 Å². The maximum Gasteiger partial charge on any atom is 0.0953 e. The van der Waals surface area contributed by atoms with E-state index >= 15 is 0 Å². The maximum atomic E-state index is 9.14. The highest BCUT2D eigenvalue weighted by atomic mass is 16.3. The van der Waals surface area contributed by atoms with E-state index in [1.54, 1.807) is 0 Å². The molecular formula is C6H13NO3. The van der Waals surface area contributed by atoms with Gasteiger partial charge in [-0.15, -0.1) is 0 Å². The van der Waals surface area contributed by atoms with Crippen LogP contribution in [0.4, 0.5) is 0 Å². The average Bonchev–Trinajstić information content (AvgIpc) is 2.17. The second-order valence-corrected chi connectivity index (χ2v) is 2.82. The Morgan fingerprint density at radius 3 is 2.10 bits per heavy atom. The van der Waals surface area contributed by atoms with Crippen LogP contribution in [0.1, 0.15) is 6.42 Å². The molecule has 5 N–H and O–H groups in total. The summed E-state index contributed by atoms with van der Waals surface area (Å²) < 4.78 is 0. The van der Waals surface area contributed by atoms with Crippen LogP contribution in [0.3, 0.4) is 0 Å². The first kappa shape index (κ1) is 7.94. The van der Waals surface area contributed by atoms with E-state index in [-0.39, 0.29) is 18.6 Å². The van der Waals surface area contributed by atoms with Gasteiger partial charge < -0.3 is 21.1 Å². The number of aliphatic hydroxyl groups is 3. The van der Waals surface area contributed by atoms with Crippen LogP contribution in [-0.4, -0.2) is 40.2 Å². The molecule has 0 spiro atoms. The molecule has 0 bridgehead atoms. The highest BCUT2D eigenvalue weighted by Crippen LogP contribution is 2.24. The van der Waals surface area contributed by atoms with Crippen LogP contribution in [0.5, 0.6) is 0 Å². The van der Waals surface area contributed by atoms with Crippen molar-refractivity contribution < 1.29 is 15.3 Å². The lowest BCUT2D eigenvalue weighted by Gasteiger charge is -2.13. The lowest BCUT2D eigenvalue weighted by molar-refractivity contribution is 0.00300. The Hall–Kier alpha value is -0.160. The van der Waals surface area contributed by atoms with E-state index in [9.17, 15) is 0 Å². The van der Waals surface area contributed by atoms with Crippen molar-refractivity contribution in [1.82, 2.24) is 0 Å². The lowest BCUT2D eigenvalue weighted by Crippen LogP contribution is -2.35. The molecule has 1 saturated carbocycles. The smallest absolute Gasteiger partial charge is 0.0953 e. The van der Waals surface area contributed by atoms with Gasteiger partial charge in [-0.05, 0) is 6.42 Å². The van der Waals surface area contributed by atoms with Crippen LogP contribution < -0.4 is 5.73 Å². The van der Waals surface area contributed by atoms with Gasteiger partial charge in [0.15, 0.2) is 0 Å². The van der Waals surface area contributed by atoms with E-state index in [0.29, 0.717) is 6.42 Å². The summed E-state index contributed by atoms with van der Waals surface area (Å²) in [5.41, 5.74) is 5.41. The summed E-state index contributed by atoms with van der Waals surface area (Å²) in [6.45, 7) is -0.105. The Bertz CT molecular complexity index is 120. The monoisotopic (exact) mass is 147 g/mol. The third kappa shape index (κ3) is 1.15. The fourth-order valence-electron chi connectivity index (χ4n) is 1.34. The zero-order valence-corrected chi connectivity index (χ0v) is 5.64. The molecule has 1 aliphatic carbocycles. The Kier molecular flexibility index (Phi) is 2.25. The molecule has 1 fully saturated rings. The molecule has 0 aromatic rings. The minimum atomic E-state index is -0.864. The van der Waals surface area contributed by atoms with Gasteiger partial charge in [0.2, 0.25) is 0 Å². The molecule has 0 unspecified atom stereocenters. The van der Waals surface area contributed by atoms with Crippen molar-refractivity contribution in [3.63, 3.8) is 0 Å². The van der Waals surface area contributed by atoms with E-state index < -0.39 is 12.2 Å². The van der Waals surface area contributed by atoms with Crippen LogP contribution in [-0.2, 0) is 0 Å². The lowest BCUT2D eigenvalue weighted by atomic mass is 10.1. The third-order valence-electron chi connectivity index (χ3n) is 2.08. The van der Waals surface area contributed by atoms with Gasteiger partial charge in [0.25, 0.3) is 0 Å². The van der Waals surface area contributed by atoms with Crippen molar-refractivity contribution in [2.24, 2.45) is 11.7 Å². The average molecular weight is 147 g/mol. The predicted molar refractivity (Wildman–Crippen MR) is 35.2 cm³/mol. The van der Waals surface area contributed by atoms with Crippen molar-refractivity contribution in [3.8, 4) is 0 Å². The van der Waals surface area contributed by atoms with Crippen molar-refractivity contribution >= 4 is 0 Å². The molecule has 60 valence electrons. The molecule has 1 aliphatic rings. The number of nitrogens with two attached hydrogens (primary N) is 1. The molecule has 4 heteroatoms. The van der Waals surface area contributed by atoms with Gasteiger partial charge in [-0.2, -0.15) is 0 Å². The second-order valence-electron chi connectivity index (χ2n) is 2.82. The summed E-state index contributed by atoms with van der Waals surface area (Å²) in [5.74, 6) is -0.245. The summed E-state index contributed by atoms with van der Waals surface area (Å²) in [5, 5.41) is 26.9. The molecular weight excluding hydrogens is 134 g/mol. The number of hydrogen-bond donors (Lipinski definition) is 4. The van der Waals surface area contributed by atoms with Gasteiger partial charge in [0.05, 0.1) is 12.2 Å². The second kappa shape index (κ2) is 2.84. The first-order chi connectivity index (χ1) is 4.66. The molecule has 0 aromatic heterocycles. The van der Waals surface area contributed by atoms with Crippen LogP contribution in [0.2, 0.25) is 0 Å². The Labute approximate surface area is 59.3 Å². The Morgan fingerprint density at radius 2 is 1.90 bits per heavy atom. The number of aliphatic hydroxyl groups excluding tert-OH is 3. The van der Waals surface area contributed by atoms with Gasteiger partial charge in [-0.25, -0.2) is 0 Å². The Balaban J connectivity index is 2.53. The molecule has 4 nitrogen and oxygen atoms in total. The van der Waals surface area contributed by atoms with Gasteiger partial charge in [0, 0.05) is 18.6 Å². The van der Waals surface area contributed by atoms with E-state index in [2.05, 4.69) is 0 Å². The number of rotatable bonds is 1. The van der Waals surface area contributed by atoms with Crippen LogP contribution in [0, 0.1) is 5.92 Å². The summed E-state index contributed by atoms with van der Waals surface area (Å²) in [6.07, 6.45) is -1.21. The summed E-state index contributed by atoms with van der Waals surface area (Å²) in [4.78, 5) is 0. The van der Waals surface area contributed by atoms with Crippen molar-refractivity contribution in [3.05, 3.63) is 0 Å². The standard InChI is InChI=1S/C6H13NO3/c7-4-1-3(2-8)5(9)6(4)10/h3-6,8-10H,1-2,7H2/t3-,4-,5+,6+/m1/s1. The topological polar surface area (TPSA) is 86.7 Å². The molecule has 1 rings (SSSR count). The van der Waals surface area contributed by atoms with Gasteiger partial charge in [-0.1, -0.05) is 0 Å². The highest BCUT2D eigenvalue weighted by molar-refractivity contribution is 4.92. The molecule has 0 saturated heterocycles. The largest absolute Gasteiger partial charge is 0.396 e. The zero-order valence-electron chi connectivity index (χ0n) is 5.64. The van der Waals surface area contributed by atoms with Gasteiger partial charge in [0.1, 0.15) is 0 Å². The first-order valence-electron chi connectivity index (χ1n) is 3.39. The van der Waals surface area contributed by atoms with Crippen LogP contribution in [0.15, 0.2) is 0 Å². The van der Waals surface area contributed by atoms with Crippen molar-refractivity contribution in [2.75, 3.05) is 6.61 Å². The van der Waals surface area contributed by atoms with E-state index in [0.717, 1.165) is 0 Å². The molecule has 4 atom stereocenters. The highest BCUT2D eigenvalue weighted by Gasteiger charge is 2.38. The zero-order chi connectivity index (χ0) is 7.72. The van der Waals surface area contributed by atoms with Crippen LogP contribution >= 0.6 is 0 Å². The van der Waals surface area contributed by atoms with Gasteiger partial charge >= 0.3 is 0 Å². The summed E-state index contributed by atoms with van der Waals surface area (Å²) in [6, 6.07) is -0.382. The quantitative estimate of drug-likeness (QED) is 0.347. The predicted octanol–water partition coefficient (Wildman–Crippen LogP) is -1.95. The minimum absolute atomic E-state index is 0.105. The fraction of sp³-hybridized carbons (Fsp3) is 1.00. The molecule has 10 heavy (non-hydrogen) atoms. The summed E-state index contributed by atoms with van der Waals surface area (Å²) >= 11 is 0. The van der Waals surface area contributed by atoms with E-state index in [4.69, 9.17) is 21.1 Å². The van der Waals surface area contributed by atoms with Crippen molar-refractivity contribution in [2.45, 2.75) is 24.7 Å². The van der Waals surface area contributed by atoms with Crippen molar-refractivity contribution in [1.29, 1.82) is 0 Å². The fourth-order valence-corrected chi connectivity index (χ4v) is 1.34. The molecule has 0 radical (unpaired) electrons. The SMILES string of the molecule is N[C@@H]1C[C@H](CO)[C@H](O)[C@H]1O. The summed E-state index contributed by atoms with van der Waals surface area (Å²) in [7, 11) is 0. The molecule has 0 heterocycles.